The van der Waals surface area contributed by atoms with E-state index in [1.165, 1.54) is 11.1 Å². The van der Waals surface area contributed by atoms with E-state index in [0.29, 0.717) is 32.2 Å². The molecule has 2 rings (SSSR count). The number of hydrogen-bond acceptors (Lipinski definition) is 3. The van der Waals surface area contributed by atoms with Gasteiger partial charge in [-0.1, -0.05) is 45.0 Å². The van der Waals surface area contributed by atoms with Crippen LogP contribution in [0.25, 0.3) is 0 Å². The van der Waals surface area contributed by atoms with Crippen LogP contribution in [-0.4, -0.2) is 49.2 Å². The van der Waals surface area contributed by atoms with Gasteiger partial charge in [0, 0.05) is 30.6 Å². The Balaban J connectivity index is 1.79. The summed E-state index contributed by atoms with van der Waals surface area (Å²) in [5.41, 5.74) is 2.60. The van der Waals surface area contributed by atoms with E-state index in [0.717, 1.165) is 19.3 Å². The van der Waals surface area contributed by atoms with E-state index in [2.05, 4.69) is 55.7 Å². The van der Waals surface area contributed by atoms with Gasteiger partial charge in [0.1, 0.15) is 6.04 Å². The molecule has 1 atom stereocenters. The Labute approximate surface area is 169 Å². The monoisotopic (exact) mass is 390 g/mol. The number of quaternary nitrogens is 1. The predicted molar refractivity (Wildman–Crippen MR) is 110 cm³/mol. The van der Waals surface area contributed by atoms with Crippen molar-refractivity contribution < 1.29 is 19.6 Å². The van der Waals surface area contributed by atoms with Crippen LogP contribution < -0.4 is 10.6 Å². The summed E-state index contributed by atoms with van der Waals surface area (Å²) < 4.78 is 5.04. The van der Waals surface area contributed by atoms with E-state index >= 15 is 0 Å². The molecule has 1 fully saturated rings. The molecule has 0 saturated carbocycles. The van der Waals surface area contributed by atoms with Crippen molar-refractivity contribution in [3.05, 3.63) is 35.4 Å². The van der Waals surface area contributed by atoms with Gasteiger partial charge >= 0.3 is 6.09 Å². The zero-order valence-electron chi connectivity index (χ0n) is 17.7. The maximum atomic E-state index is 12.4. The molecule has 0 spiro atoms. The van der Waals surface area contributed by atoms with Crippen LogP contribution in [0, 0.1) is 5.92 Å². The molecule has 1 aromatic rings. The number of carbonyl (C=O) groups excluding carboxylic acids is 2. The van der Waals surface area contributed by atoms with Crippen LogP contribution in [0.3, 0.4) is 0 Å². The second kappa shape index (κ2) is 11.1. The molecule has 0 aliphatic carbocycles. The number of likely N-dealkylation sites (tertiary alicyclic amines) is 1. The van der Waals surface area contributed by atoms with E-state index in [-0.39, 0.29) is 24.1 Å². The zero-order valence-corrected chi connectivity index (χ0v) is 17.7. The van der Waals surface area contributed by atoms with E-state index in [4.69, 9.17) is 4.74 Å². The van der Waals surface area contributed by atoms with Crippen LogP contribution in [0.15, 0.2) is 24.3 Å². The second-order valence-corrected chi connectivity index (χ2v) is 7.83. The van der Waals surface area contributed by atoms with Gasteiger partial charge in [0.05, 0.1) is 6.61 Å². The van der Waals surface area contributed by atoms with Gasteiger partial charge in [0.2, 0.25) is 0 Å². The van der Waals surface area contributed by atoms with Crippen molar-refractivity contribution in [2.45, 2.75) is 59.0 Å². The highest BCUT2D eigenvalue weighted by Gasteiger charge is 2.26. The summed E-state index contributed by atoms with van der Waals surface area (Å²) in [5, 5.41) is 5.26. The topological polar surface area (TPSA) is 75.2 Å². The molecule has 1 aliphatic heterocycles. The standard InChI is InChI=1S/C22H35N3O3/c1-5-17-7-9-18(10-8-17)21(16(3)4)23-15-20(26)24-19-11-13-25(14-12-19)22(27)28-6-2/h7-10,16,19,21,23H,5-6,11-15H2,1-4H3,(H,24,26)/p+1/t21-/m0/s1. The first-order valence-corrected chi connectivity index (χ1v) is 10.6. The Hall–Kier alpha value is -2.08. The Morgan fingerprint density at radius 2 is 1.82 bits per heavy atom. The minimum absolute atomic E-state index is 0.0606. The SMILES string of the molecule is CCOC(=O)N1CCC(NC(=O)C[NH2+][C@H](c2ccc(CC)cc2)C(C)C)CC1. The zero-order chi connectivity index (χ0) is 20.5. The molecule has 1 aromatic carbocycles. The molecule has 6 heteroatoms. The van der Waals surface area contributed by atoms with Crippen molar-refractivity contribution in [1.29, 1.82) is 0 Å². The highest BCUT2D eigenvalue weighted by molar-refractivity contribution is 5.77. The van der Waals surface area contributed by atoms with Gasteiger partial charge in [-0.15, -0.1) is 0 Å². The number of nitrogens with two attached hydrogens (primary N) is 1. The summed E-state index contributed by atoms with van der Waals surface area (Å²) in [7, 11) is 0. The van der Waals surface area contributed by atoms with Crippen LogP contribution in [0.5, 0.6) is 0 Å². The fourth-order valence-electron chi connectivity index (χ4n) is 3.71. The van der Waals surface area contributed by atoms with Gasteiger partial charge < -0.3 is 20.3 Å². The van der Waals surface area contributed by atoms with E-state index in [1.807, 2.05) is 6.92 Å². The number of amides is 2. The molecule has 2 amide bonds. The molecule has 1 heterocycles. The summed E-state index contributed by atoms with van der Waals surface area (Å²) in [5.74, 6) is 0.499. The lowest BCUT2D eigenvalue weighted by atomic mass is 9.95. The van der Waals surface area contributed by atoms with Gasteiger partial charge in [0.15, 0.2) is 6.54 Å². The molecule has 0 unspecified atom stereocenters. The van der Waals surface area contributed by atoms with E-state index < -0.39 is 0 Å². The molecule has 28 heavy (non-hydrogen) atoms. The fraction of sp³-hybridized carbons (Fsp3) is 0.636. The molecule has 0 aromatic heterocycles. The van der Waals surface area contributed by atoms with Gasteiger partial charge in [-0.05, 0) is 31.7 Å². The van der Waals surface area contributed by atoms with Crippen molar-refractivity contribution in [1.82, 2.24) is 10.2 Å². The summed E-state index contributed by atoms with van der Waals surface area (Å²) in [6, 6.07) is 9.12. The first-order valence-electron chi connectivity index (χ1n) is 10.6. The number of piperidine rings is 1. The Bertz CT molecular complexity index is 622. The largest absolute Gasteiger partial charge is 0.450 e. The lowest BCUT2D eigenvalue weighted by Gasteiger charge is -2.31. The van der Waals surface area contributed by atoms with Gasteiger partial charge in [0.25, 0.3) is 5.91 Å². The maximum absolute atomic E-state index is 12.4. The van der Waals surface area contributed by atoms with Crippen molar-refractivity contribution >= 4 is 12.0 Å². The summed E-state index contributed by atoms with van der Waals surface area (Å²) in [6.07, 6.45) is 2.33. The summed E-state index contributed by atoms with van der Waals surface area (Å²) in [4.78, 5) is 25.9. The van der Waals surface area contributed by atoms with Gasteiger partial charge in [-0.25, -0.2) is 4.79 Å². The smallest absolute Gasteiger partial charge is 0.409 e. The van der Waals surface area contributed by atoms with Crippen LogP contribution in [0.1, 0.15) is 57.7 Å². The van der Waals surface area contributed by atoms with Crippen LogP contribution in [0.2, 0.25) is 0 Å². The number of ether oxygens (including phenoxy) is 1. The van der Waals surface area contributed by atoms with Crippen molar-refractivity contribution in [3.63, 3.8) is 0 Å². The first-order chi connectivity index (χ1) is 13.4. The minimum Gasteiger partial charge on any atom is -0.450 e. The van der Waals surface area contributed by atoms with Crippen molar-refractivity contribution in [2.24, 2.45) is 5.92 Å². The average Bonchev–Trinajstić information content (AvgIpc) is 2.69. The van der Waals surface area contributed by atoms with Crippen molar-refractivity contribution in [3.8, 4) is 0 Å². The molecule has 1 aliphatic rings. The van der Waals surface area contributed by atoms with Crippen molar-refractivity contribution in [2.75, 3.05) is 26.2 Å². The molecular formula is C22H36N3O3+. The molecule has 156 valence electrons. The van der Waals surface area contributed by atoms with Gasteiger partial charge in [-0.2, -0.15) is 0 Å². The quantitative estimate of drug-likeness (QED) is 0.715. The minimum atomic E-state index is -0.255. The van der Waals surface area contributed by atoms with Crippen LogP contribution >= 0.6 is 0 Å². The normalized spacial score (nSPS) is 16.1. The molecule has 0 bridgehead atoms. The summed E-state index contributed by atoms with van der Waals surface area (Å²) >= 11 is 0. The number of aryl methyl sites for hydroxylation is 1. The number of hydrogen-bond donors (Lipinski definition) is 2. The number of rotatable bonds is 8. The summed E-state index contributed by atoms with van der Waals surface area (Å²) in [6.45, 7) is 10.4. The first kappa shape index (κ1) is 22.2. The third-order valence-corrected chi connectivity index (χ3v) is 5.43. The highest BCUT2D eigenvalue weighted by atomic mass is 16.6. The maximum Gasteiger partial charge on any atom is 0.409 e. The number of nitrogens with one attached hydrogen (secondary N) is 1. The van der Waals surface area contributed by atoms with Crippen LogP contribution in [-0.2, 0) is 16.0 Å². The number of benzene rings is 1. The lowest BCUT2D eigenvalue weighted by molar-refractivity contribution is -0.692. The lowest BCUT2D eigenvalue weighted by Crippen LogP contribution is -2.88. The van der Waals surface area contributed by atoms with E-state index in [1.54, 1.807) is 4.90 Å². The molecule has 6 nitrogen and oxygen atoms in total. The predicted octanol–water partition coefficient (Wildman–Crippen LogP) is 2.25. The molecule has 0 radical (unpaired) electrons. The van der Waals surface area contributed by atoms with E-state index in [9.17, 15) is 9.59 Å². The molecule has 3 N–H and O–H groups in total. The average molecular weight is 391 g/mol. The van der Waals surface area contributed by atoms with Gasteiger partial charge in [-0.3, -0.25) is 4.79 Å². The molecular weight excluding hydrogens is 354 g/mol. The second-order valence-electron chi connectivity index (χ2n) is 7.83. The highest BCUT2D eigenvalue weighted by Crippen LogP contribution is 2.18. The molecule has 1 saturated heterocycles. The fourth-order valence-corrected chi connectivity index (χ4v) is 3.71. The Morgan fingerprint density at radius 1 is 1.18 bits per heavy atom. The number of carbonyl (C=O) groups is 2. The Kier molecular flexibility index (Phi) is 8.77. The number of nitrogens with zero attached hydrogens (tertiary/aromatic N) is 1. The van der Waals surface area contributed by atoms with Crippen LogP contribution in [0.4, 0.5) is 4.79 Å². The third kappa shape index (κ3) is 6.51. The Morgan fingerprint density at radius 3 is 2.36 bits per heavy atom. The third-order valence-electron chi connectivity index (χ3n) is 5.43.